The van der Waals surface area contributed by atoms with Gasteiger partial charge in [0.1, 0.15) is 0 Å². The summed E-state index contributed by atoms with van der Waals surface area (Å²) in [6, 6.07) is 58.4. The predicted octanol–water partition coefficient (Wildman–Crippen LogP) is 12.5. The molecule has 0 spiro atoms. The van der Waals surface area contributed by atoms with E-state index in [-0.39, 0.29) is 5.41 Å². The summed E-state index contributed by atoms with van der Waals surface area (Å²) in [7, 11) is -1.61. The molecule has 0 saturated carbocycles. The van der Waals surface area contributed by atoms with Gasteiger partial charge in [-0.15, -0.1) is 0 Å². The van der Waals surface area contributed by atoms with Gasteiger partial charge in [-0.1, -0.05) is 166 Å². The smallest absolute Gasteiger partial charge is 0.0784 e. The molecule has 0 radical (unpaired) electrons. The average molecular weight is 636 g/mol. The second kappa shape index (κ2) is 11.5. The summed E-state index contributed by atoms with van der Waals surface area (Å²) in [5.41, 5.74) is 13.8. The molecule has 0 N–H and O–H groups in total. The van der Waals surface area contributed by atoms with Crippen LogP contribution in [0.1, 0.15) is 25.0 Å². The molecule has 234 valence electrons. The Morgan fingerprint density at radius 1 is 0.458 bits per heavy atom. The van der Waals surface area contributed by atoms with Crippen molar-refractivity contribution in [2.24, 2.45) is 0 Å². The zero-order chi connectivity index (χ0) is 33.0. The summed E-state index contributed by atoms with van der Waals surface area (Å²) in [5, 5.41) is 4.21. The number of benzene rings is 7. The van der Waals surface area contributed by atoms with Crippen LogP contribution in [0.4, 0.5) is 17.1 Å². The van der Waals surface area contributed by atoms with Crippen LogP contribution in [-0.4, -0.2) is 8.07 Å². The van der Waals surface area contributed by atoms with Gasteiger partial charge in [0.2, 0.25) is 0 Å². The fraction of sp³-hybridized carbons (Fsp3) is 0.130. The molecule has 7 aromatic carbocycles. The number of hydrogen-bond donors (Lipinski definition) is 0. The Hall–Kier alpha value is -5.18. The number of rotatable bonds is 6. The summed E-state index contributed by atoms with van der Waals surface area (Å²) < 4.78 is 0. The molecule has 0 amide bonds. The minimum absolute atomic E-state index is 0.0421. The largest absolute Gasteiger partial charge is 0.310 e. The summed E-state index contributed by atoms with van der Waals surface area (Å²) in [6.45, 7) is 12.0. The monoisotopic (exact) mass is 635 g/mol. The second-order valence-electron chi connectivity index (χ2n) is 14.6. The average Bonchev–Trinajstić information content (AvgIpc) is 3.34. The highest BCUT2D eigenvalue weighted by atomic mass is 28.3. The number of hydrogen-bond acceptors (Lipinski definition) is 1. The molecule has 8 rings (SSSR count). The van der Waals surface area contributed by atoms with Crippen molar-refractivity contribution in [2.45, 2.75) is 38.9 Å². The maximum absolute atomic E-state index is 2.46. The molecular formula is C46H41NSi. The standard InChI is InChI=1S/C46H41NSi/c1-46(2)41-25-11-9-23-39(41)40-31-36(28-29-42(40)46)47(43-26-12-10-22-37(43)32-16-7-6-8-17-32)35-21-13-20-34(30-35)38-24-14-18-33-19-15-27-44(45(33)38)48(3,4)5/h6-31H,1-5H3. The van der Waals surface area contributed by atoms with Gasteiger partial charge in [0.25, 0.3) is 0 Å². The van der Waals surface area contributed by atoms with E-state index in [1.165, 1.54) is 60.5 Å². The van der Waals surface area contributed by atoms with E-state index >= 15 is 0 Å². The van der Waals surface area contributed by atoms with Crippen LogP contribution >= 0.6 is 0 Å². The molecular weight excluding hydrogens is 595 g/mol. The maximum Gasteiger partial charge on any atom is 0.0784 e. The molecule has 1 aliphatic carbocycles. The topological polar surface area (TPSA) is 3.24 Å². The summed E-state index contributed by atoms with van der Waals surface area (Å²) in [4.78, 5) is 2.46. The van der Waals surface area contributed by atoms with Gasteiger partial charge in [0, 0.05) is 22.4 Å². The van der Waals surface area contributed by atoms with Crippen LogP contribution in [0.25, 0.3) is 44.2 Å². The van der Waals surface area contributed by atoms with Crippen molar-refractivity contribution >= 4 is 41.1 Å². The van der Waals surface area contributed by atoms with Crippen molar-refractivity contribution in [3.05, 3.63) is 169 Å². The first-order valence-corrected chi connectivity index (χ1v) is 20.5. The molecule has 2 heteroatoms. The van der Waals surface area contributed by atoms with Crippen LogP contribution in [0.2, 0.25) is 19.6 Å². The third-order valence-electron chi connectivity index (χ3n) is 10.2. The van der Waals surface area contributed by atoms with Crippen LogP contribution in [0.15, 0.2) is 158 Å². The highest BCUT2D eigenvalue weighted by molar-refractivity contribution is 6.90. The Bertz CT molecular complexity index is 2300. The molecule has 0 aliphatic heterocycles. The van der Waals surface area contributed by atoms with Crippen molar-refractivity contribution in [2.75, 3.05) is 4.90 Å². The Morgan fingerprint density at radius 2 is 1.06 bits per heavy atom. The quantitative estimate of drug-likeness (QED) is 0.164. The van der Waals surface area contributed by atoms with Gasteiger partial charge < -0.3 is 4.90 Å². The maximum atomic E-state index is 2.46. The molecule has 0 fully saturated rings. The van der Waals surface area contributed by atoms with Crippen LogP contribution in [0.5, 0.6) is 0 Å². The Balaban J connectivity index is 1.37. The lowest BCUT2D eigenvalue weighted by Crippen LogP contribution is -2.38. The van der Waals surface area contributed by atoms with Gasteiger partial charge in [-0.2, -0.15) is 0 Å². The van der Waals surface area contributed by atoms with Gasteiger partial charge in [0.15, 0.2) is 0 Å². The van der Waals surface area contributed by atoms with E-state index in [9.17, 15) is 0 Å². The first kappa shape index (κ1) is 30.2. The predicted molar refractivity (Wildman–Crippen MR) is 210 cm³/mol. The van der Waals surface area contributed by atoms with Crippen molar-refractivity contribution in [1.29, 1.82) is 0 Å². The number of fused-ring (bicyclic) bond motifs is 4. The van der Waals surface area contributed by atoms with E-state index in [1.807, 2.05) is 0 Å². The van der Waals surface area contributed by atoms with E-state index in [2.05, 4.69) is 196 Å². The highest BCUT2D eigenvalue weighted by Crippen LogP contribution is 2.51. The first-order chi connectivity index (χ1) is 23.2. The fourth-order valence-electron chi connectivity index (χ4n) is 7.82. The zero-order valence-corrected chi connectivity index (χ0v) is 29.5. The lowest BCUT2D eigenvalue weighted by atomic mass is 9.82. The summed E-state index contributed by atoms with van der Waals surface area (Å²) >= 11 is 0. The third kappa shape index (κ3) is 5.00. The molecule has 0 heterocycles. The molecule has 0 bridgehead atoms. The van der Waals surface area contributed by atoms with Crippen LogP contribution in [-0.2, 0) is 5.41 Å². The molecule has 0 aromatic heterocycles. The fourth-order valence-corrected chi connectivity index (χ4v) is 9.45. The van der Waals surface area contributed by atoms with Crippen LogP contribution in [0.3, 0.4) is 0 Å². The van der Waals surface area contributed by atoms with Crippen molar-refractivity contribution in [3.63, 3.8) is 0 Å². The van der Waals surface area contributed by atoms with Gasteiger partial charge in [-0.25, -0.2) is 0 Å². The van der Waals surface area contributed by atoms with Crippen LogP contribution in [0, 0.1) is 0 Å². The van der Waals surface area contributed by atoms with Crippen molar-refractivity contribution in [1.82, 2.24) is 0 Å². The highest BCUT2D eigenvalue weighted by Gasteiger charge is 2.35. The molecule has 1 nitrogen and oxygen atoms in total. The van der Waals surface area contributed by atoms with Gasteiger partial charge in [-0.05, 0) is 80.0 Å². The van der Waals surface area contributed by atoms with Gasteiger partial charge in [0.05, 0.1) is 13.8 Å². The number of anilines is 3. The third-order valence-corrected chi connectivity index (χ3v) is 12.2. The lowest BCUT2D eigenvalue weighted by molar-refractivity contribution is 0.660. The normalized spacial score (nSPS) is 13.3. The Labute approximate surface area is 286 Å². The number of nitrogens with zero attached hydrogens (tertiary/aromatic N) is 1. The molecule has 1 aliphatic rings. The van der Waals surface area contributed by atoms with Crippen molar-refractivity contribution < 1.29 is 0 Å². The second-order valence-corrected chi connectivity index (χ2v) is 19.7. The lowest BCUT2D eigenvalue weighted by Gasteiger charge is -2.29. The van der Waals surface area contributed by atoms with Crippen LogP contribution < -0.4 is 10.1 Å². The summed E-state index contributed by atoms with van der Waals surface area (Å²) in [6.07, 6.45) is 0. The SMILES string of the molecule is CC1(C)c2ccccc2-c2cc(N(c3cccc(-c4cccc5cccc([Si](C)(C)C)c45)c3)c3ccccc3-c3ccccc3)ccc21. The Kier molecular flexibility index (Phi) is 7.23. The molecule has 7 aromatic rings. The van der Waals surface area contributed by atoms with E-state index in [4.69, 9.17) is 0 Å². The minimum atomic E-state index is -1.61. The molecule has 0 saturated heterocycles. The van der Waals surface area contributed by atoms with E-state index in [0.29, 0.717) is 0 Å². The molecule has 48 heavy (non-hydrogen) atoms. The van der Waals surface area contributed by atoms with E-state index < -0.39 is 8.07 Å². The zero-order valence-electron chi connectivity index (χ0n) is 28.5. The van der Waals surface area contributed by atoms with Gasteiger partial charge >= 0.3 is 0 Å². The van der Waals surface area contributed by atoms with Crippen molar-refractivity contribution in [3.8, 4) is 33.4 Å². The number of para-hydroxylation sites is 1. The van der Waals surface area contributed by atoms with Gasteiger partial charge in [-0.3, -0.25) is 0 Å². The Morgan fingerprint density at radius 3 is 1.85 bits per heavy atom. The van der Waals surface area contributed by atoms with E-state index in [1.54, 1.807) is 0 Å². The minimum Gasteiger partial charge on any atom is -0.310 e. The molecule has 0 unspecified atom stereocenters. The summed E-state index contributed by atoms with van der Waals surface area (Å²) in [5.74, 6) is 0. The van der Waals surface area contributed by atoms with E-state index in [0.717, 1.165) is 17.1 Å². The molecule has 0 atom stereocenters. The first-order valence-electron chi connectivity index (χ1n) is 17.0.